The molecule has 0 heterocycles. The molecule has 1 saturated carbocycles. The van der Waals surface area contributed by atoms with Crippen molar-refractivity contribution in [2.75, 3.05) is 6.61 Å². The first-order chi connectivity index (χ1) is 5.72. The molecule has 4 nitrogen and oxygen atoms in total. The molecule has 0 aliphatic heterocycles. The van der Waals surface area contributed by atoms with Gasteiger partial charge < -0.3 is 15.6 Å². The number of carbonyl (C=O) groups is 1. The standard InChI is InChI=1S/C8H15NO3/c9-8(11)12-7-3-1-6(5-10)2-4-7/h6-7,10H,1-5H2,(H2,9,11)/t6-,7+. The van der Waals surface area contributed by atoms with E-state index in [2.05, 4.69) is 0 Å². The van der Waals surface area contributed by atoms with Gasteiger partial charge in [-0.3, -0.25) is 0 Å². The number of amides is 1. The highest BCUT2D eigenvalue weighted by Gasteiger charge is 2.22. The average molecular weight is 173 g/mol. The summed E-state index contributed by atoms with van der Waals surface area (Å²) < 4.78 is 4.84. The summed E-state index contributed by atoms with van der Waals surface area (Å²) in [6, 6.07) is 0. The summed E-state index contributed by atoms with van der Waals surface area (Å²) in [6.07, 6.45) is 2.79. The smallest absolute Gasteiger partial charge is 0.404 e. The lowest BCUT2D eigenvalue weighted by Crippen LogP contribution is -2.28. The number of primary amides is 1. The summed E-state index contributed by atoms with van der Waals surface area (Å²) in [5, 5.41) is 8.83. The van der Waals surface area contributed by atoms with Gasteiger partial charge in [0.05, 0.1) is 0 Å². The summed E-state index contributed by atoms with van der Waals surface area (Å²) in [7, 11) is 0. The molecule has 1 rings (SSSR count). The first kappa shape index (κ1) is 9.32. The van der Waals surface area contributed by atoms with Gasteiger partial charge in [0.25, 0.3) is 0 Å². The zero-order valence-corrected chi connectivity index (χ0v) is 7.03. The van der Waals surface area contributed by atoms with E-state index in [0.29, 0.717) is 5.92 Å². The molecule has 0 radical (unpaired) electrons. The number of aliphatic hydroxyl groups is 1. The van der Waals surface area contributed by atoms with Crippen molar-refractivity contribution >= 4 is 6.09 Å². The van der Waals surface area contributed by atoms with E-state index in [0.717, 1.165) is 25.7 Å². The molecule has 0 spiro atoms. The lowest BCUT2D eigenvalue weighted by molar-refractivity contribution is 0.0603. The van der Waals surface area contributed by atoms with Crippen LogP contribution in [0.25, 0.3) is 0 Å². The van der Waals surface area contributed by atoms with Crippen molar-refractivity contribution in [3.8, 4) is 0 Å². The molecule has 70 valence electrons. The largest absolute Gasteiger partial charge is 0.446 e. The van der Waals surface area contributed by atoms with Crippen LogP contribution in [-0.2, 0) is 4.74 Å². The highest BCUT2D eigenvalue weighted by Crippen LogP contribution is 2.25. The van der Waals surface area contributed by atoms with Gasteiger partial charge in [0.15, 0.2) is 0 Å². The minimum atomic E-state index is -0.692. The molecule has 0 atom stereocenters. The van der Waals surface area contributed by atoms with Gasteiger partial charge in [-0.25, -0.2) is 4.79 Å². The normalized spacial score (nSPS) is 29.8. The van der Waals surface area contributed by atoms with E-state index >= 15 is 0 Å². The van der Waals surface area contributed by atoms with Crippen LogP contribution in [0.3, 0.4) is 0 Å². The monoisotopic (exact) mass is 173 g/mol. The molecule has 1 amide bonds. The van der Waals surface area contributed by atoms with Crippen molar-refractivity contribution in [2.24, 2.45) is 11.7 Å². The number of nitrogens with two attached hydrogens (primary N) is 1. The molecule has 0 aromatic heterocycles. The SMILES string of the molecule is NC(=O)O[C@H]1CC[C@@H](CO)CC1. The minimum absolute atomic E-state index is 0.0229. The van der Waals surface area contributed by atoms with Crippen LogP contribution < -0.4 is 5.73 Å². The Balaban J connectivity index is 2.21. The molecule has 0 unspecified atom stereocenters. The van der Waals surface area contributed by atoms with Crippen molar-refractivity contribution < 1.29 is 14.6 Å². The molecule has 1 aliphatic rings. The van der Waals surface area contributed by atoms with Crippen molar-refractivity contribution in [1.29, 1.82) is 0 Å². The van der Waals surface area contributed by atoms with Crippen molar-refractivity contribution in [3.05, 3.63) is 0 Å². The van der Waals surface area contributed by atoms with Crippen molar-refractivity contribution in [1.82, 2.24) is 0 Å². The lowest BCUT2D eigenvalue weighted by Gasteiger charge is -2.26. The Bertz CT molecular complexity index is 152. The Labute approximate surface area is 71.7 Å². The van der Waals surface area contributed by atoms with E-state index in [-0.39, 0.29) is 12.7 Å². The zero-order chi connectivity index (χ0) is 8.97. The van der Waals surface area contributed by atoms with Crippen LogP contribution in [0.1, 0.15) is 25.7 Å². The van der Waals surface area contributed by atoms with Crippen molar-refractivity contribution in [2.45, 2.75) is 31.8 Å². The second-order valence-corrected chi connectivity index (χ2v) is 3.26. The number of hydrogen-bond donors (Lipinski definition) is 2. The maximum absolute atomic E-state index is 10.4. The molecule has 0 aromatic rings. The fourth-order valence-electron chi connectivity index (χ4n) is 1.60. The molecule has 12 heavy (non-hydrogen) atoms. The van der Waals surface area contributed by atoms with Crippen LogP contribution >= 0.6 is 0 Å². The van der Waals surface area contributed by atoms with Gasteiger partial charge in [-0.05, 0) is 31.6 Å². The third-order valence-corrected chi connectivity index (χ3v) is 2.33. The Morgan fingerprint density at radius 1 is 1.42 bits per heavy atom. The summed E-state index contributed by atoms with van der Waals surface area (Å²) in [5.74, 6) is 0.387. The van der Waals surface area contributed by atoms with Crippen LogP contribution in [0.4, 0.5) is 4.79 Å². The molecular weight excluding hydrogens is 158 g/mol. The highest BCUT2D eigenvalue weighted by molar-refractivity contribution is 5.64. The summed E-state index contributed by atoms with van der Waals surface area (Å²) >= 11 is 0. The van der Waals surface area contributed by atoms with Crippen LogP contribution in [0.2, 0.25) is 0 Å². The van der Waals surface area contributed by atoms with Gasteiger partial charge in [-0.2, -0.15) is 0 Å². The fourth-order valence-corrected chi connectivity index (χ4v) is 1.60. The molecule has 4 heteroatoms. The molecule has 0 bridgehead atoms. The first-order valence-corrected chi connectivity index (χ1v) is 4.29. The number of aliphatic hydroxyl groups excluding tert-OH is 1. The van der Waals surface area contributed by atoms with E-state index in [1.165, 1.54) is 0 Å². The van der Waals surface area contributed by atoms with Gasteiger partial charge in [-0.1, -0.05) is 0 Å². The lowest BCUT2D eigenvalue weighted by atomic mass is 9.88. The predicted octanol–water partition coefficient (Wildman–Crippen LogP) is 0.633. The van der Waals surface area contributed by atoms with Gasteiger partial charge in [0, 0.05) is 6.61 Å². The molecule has 1 fully saturated rings. The number of ether oxygens (including phenoxy) is 1. The van der Waals surface area contributed by atoms with E-state index in [9.17, 15) is 4.79 Å². The van der Waals surface area contributed by atoms with Crippen LogP contribution in [0.15, 0.2) is 0 Å². The third-order valence-electron chi connectivity index (χ3n) is 2.33. The third kappa shape index (κ3) is 2.70. The van der Waals surface area contributed by atoms with Crippen LogP contribution in [-0.4, -0.2) is 23.9 Å². The first-order valence-electron chi connectivity index (χ1n) is 4.29. The molecular formula is C8H15NO3. The predicted molar refractivity (Wildman–Crippen MR) is 43.5 cm³/mol. The van der Waals surface area contributed by atoms with Gasteiger partial charge >= 0.3 is 6.09 Å². The second-order valence-electron chi connectivity index (χ2n) is 3.26. The zero-order valence-electron chi connectivity index (χ0n) is 7.03. The summed E-state index contributed by atoms with van der Waals surface area (Å²) in [6.45, 7) is 0.239. The van der Waals surface area contributed by atoms with Crippen LogP contribution in [0.5, 0.6) is 0 Å². The summed E-state index contributed by atoms with van der Waals surface area (Å²) in [4.78, 5) is 10.4. The molecule has 1 aliphatic carbocycles. The Morgan fingerprint density at radius 2 is 2.00 bits per heavy atom. The average Bonchev–Trinajstić information content (AvgIpc) is 2.05. The second kappa shape index (κ2) is 4.30. The van der Waals surface area contributed by atoms with Gasteiger partial charge in [0.1, 0.15) is 6.10 Å². The summed E-state index contributed by atoms with van der Waals surface area (Å²) in [5.41, 5.74) is 4.88. The van der Waals surface area contributed by atoms with Crippen LogP contribution in [0, 0.1) is 5.92 Å². The van der Waals surface area contributed by atoms with Gasteiger partial charge in [0.2, 0.25) is 0 Å². The Hall–Kier alpha value is -0.770. The number of hydrogen-bond acceptors (Lipinski definition) is 3. The van der Waals surface area contributed by atoms with E-state index in [4.69, 9.17) is 15.6 Å². The molecule has 0 saturated heterocycles. The minimum Gasteiger partial charge on any atom is -0.446 e. The van der Waals surface area contributed by atoms with E-state index < -0.39 is 6.09 Å². The highest BCUT2D eigenvalue weighted by atomic mass is 16.6. The quantitative estimate of drug-likeness (QED) is 0.643. The maximum Gasteiger partial charge on any atom is 0.404 e. The van der Waals surface area contributed by atoms with E-state index in [1.807, 2.05) is 0 Å². The number of carbonyl (C=O) groups excluding carboxylic acids is 1. The molecule has 0 aromatic carbocycles. The number of rotatable bonds is 2. The van der Waals surface area contributed by atoms with Gasteiger partial charge in [-0.15, -0.1) is 0 Å². The Morgan fingerprint density at radius 3 is 2.42 bits per heavy atom. The Kier molecular flexibility index (Phi) is 3.34. The maximum atomic E-state index is 10.4. The molecule has 3 N–H and O–H groups in total. The van der Waals surface area contributed by atoms with E-state index in [1.54, 1.807) is 0 Å². The fraction of sp³-hybridized carbons (Fsp3) is 0.875. The van der Waals surface area contributed by atoms with Crippen molar-refractivity contribution in [3.63, 3.8) is 0 Å². The topological polar surface area (TPSA) is 72.6 Å².